The maximum Gasteiger partial charge on any atom is 0.315 e. The molecule has 0 saturated carbocycles. The van der Waals surface area contributed by atoms with Crippen molar-refractivity contribution >= 4 is 11.9 Å². The van der Waals surface area contributed by atoms with Crippen LogP contribution in [0, 0.1) is 0 Å². The molecule has 1 unspecified atom stereocenters. The van der Waals surface area contributed by atoms with Crippen LogP contribution in [-0.2, 0) is 4.79 Å². The fourth-order valence-corrected chi connectivity index (χ4v) is 0.994. The summed E-state index contributed by atoms with van der Waals surface area (Å²) in [6.07, 6.45) is 0.945. The molecule has 0 radical (unpaired) electrons. The third-order valence-electron chi connectivity index (χ3n) is 1.58. The SMILES string of the molecule is NC(=O)CCC1CNC(=O)N1. The lowest BCUT2D eigenvalue weighted by Crippen LogP contribution is -2.27. The van der Waals surface area contributed by atoms with Crippen molar-refractivity contribution in [1.29, 1.82) is 0 Å². The smallest absolute Gasteiger partial charge is 0.315 e. The summed E-state index contributed by atoms with van der Waals surface area (Å²) in [6, 6.07) is -0.102. The fraction of sp³-hybridized carbons (Fsp3) is 0.667. The van der Waals surface area contributed by atoms with E-state index in [0.717, 1.165) is 0 Å². The normalized spacial score (nSPS) is 22.5. The molecular formula is C6H11N3O2. The highest BCUT2D eigenvalue weighted by atomic mass is 16.2. The summed E-state index contributed by atoms with van der Waals surface area (Å²) in [5.41, 5.74) is 4.93. The Kier molecular flexibility index (Phi) is 2.30. The van der Waals surface area contributed by atoms with Crippen LogP contribution in [0.25, 0.3) is 0 Å². The van der Waals surface area contributed by atoms with Crippen LogP contribution in [0.5, 0.6) is 0 Å². The molecule has 0 aromatic carbocycles. The molecule has 1 aliphatic heterocycles. The van der Waals surface area contributed by atoms with Gasteiger partial charge in [0, 0.05) is 19.0 Å². The summed E-state index contributed by atoms with van der Waals surface area (Å²) in [5, 5.41) is 5.24. The molecule has 5 nitrogen and oxygen atoms in total. The Morgan fingerprint density at radius 1 is 1.73 bits per heavy atom. The fourth-order valence-electron chi connectivity index (χ4n) is 0.994. The maximum atomic E-state index is 10.6. The van der Waals surface area contributed by atoms with Crippen molar-refractivity contribution in [2.75, 3.05) is 6.54 Å². The van der Waals surface area contributed by atoms with Gasteiger partial charge in [-0.2, -0.15) is 0 Å². The van der Waals surface area contributed by atoms with Gasteiger partial charge in [0.25, 0.3) is 0 Å². The molecule has 3 amide bonds. The molecule has 11 heavy (non-hydrogen) atoms. The predicted octanol–water partition coefficient (Wildman–Crippen LogP) is -1.07. The number of nitrogens with one attached hydrogen (secondary N) is 2. The molecule has 1 atom stereocenters. The Balaban J connectivity index is 2.18. The summed E-state index contributed by atoms with van der Waals surface area (Å²) in [4.78, 5) is 20.9. The van der Waals surface area contributed by atoms with Crippen molar-refractivity contribution in [1.82, 2.24) is 10.6 Å². The van der Waals surface area contributed by atoms with Gasteiger partial charge in [-0.3, -0.25) is 4.79 Å². The van der Waals surface area contributed by atoms with Crippen molar-refractivity contribution in [3.63, 3.8) is 0 Å². The van der Waals surface area contributed by atoms with Crippen molar-refractivity contribution < 1.29 is 9.59 Å². The van der Waals surface area contributed by atoms with Gasteiger partial charge in [-0.15, -0.1) is 0 Å². The van der Waals surface area contributed by atoms with Gasteiger partial charge in [-0.05, 0) is 6.42 Å². The highest BCUT2D eigenvalue weighted by Gasteiger charge is 2.19. The Labute approximate surface area is 64.3 Å². The lowest BCUT2D eigenvalue weighted by molar-refractivity contribution is -0.118. The minimum atomic E-state index is -0.328. The molecule has 1 saturated heterocycles. The molecule has 0 aromatic heterocycles. The van der Waals surface area contributed by atoms with Gasteiger partial charge in [0.1, 0.15) is 0 Å². The first-order chi connectivity index (χ1) is 5.18. The molecule has 1 fully saturated rings. The average molecular weight is 157 g/mol. The van der Waals surface area contributed by atoms with Crippen LogP contribution in [0.3, 0.4) is 0 Å². The standard InChI is InChI=1S/C6H11N3O2/c7-5(10)2-1-4-3-8-6(11)9-4/h4H,1-3H2,(H2,7,10)(H2,8,9,11). The van der Waals surface area contributed by atoms with E-state index in [0.29, 0.717) is 19.4 Å². The van der Waals surface area contributed by atoms with Gasteiger partial charge in [-0.1, -0.05) is 0 Å². The van der Waals surface area contributed by atoms with Gasteiger partial charge >= 0.3 is 6.03 Å². The first kappa shape index (κ1) is 7.84. The summed E-state index contributed by atoms with van der Waals surface area (Å²) in [5.74, 6) is -0.328. The first-order valence-electron chi connectivity index (χ1n) is 3.51. The van der Waals surface area contributed by atoms with Crippen molar-refractivity contribution in [3.05, 3.63) is 0 Å². The van der Waals surface area contributed by atoms with Crippen LogP contribution in [-0.4, -0.2) is 24.5 Å². The third-order valence-corrected chi connectivity index (χ3v) is 1.58. The Hall–Kier alpha value is -1.26. The zero-order chi connectivity index (χ0) is 8.27. The minimum absolute atomic E-state index is 0.0648. The summed E-state index contributed by atoms with van der Waals surface area (Å²) in [6.45, 7) is 0.589. The Morgan fingerprint density at radius 3 is 2.91 bits per heavy atom. The number of carbonyl (C=O) groups is 2. The van der Waals surface area contributed by atoms with E-state index in [1.54, 1.807) is 0 Å². The number of urea groups is 1. The second-order valence-electron chi connectivity index (χ2n) is 2.56. The highest BCUT2D eigenvalue weighted by molar-refractivity contribution is 5.77. The second-order valence-corrected chi connectivity index (χ2v) is 2.56. The van der Waals surface area contributed by atoms with Crippen LogP contribution in [0.1, 0.15) is 12.8 Å². The maximum absolute atomic E-state index is 10.6. The highest BCUT2D eigenvalue weighted by Crippen LogP contribution is 1.99. The topological polar surface area (TPSA) is 84.2 Å². The minimum Gasteiger partial charge on any atom is -0.370 e. The van der Waals surface area contributed by atoms with E-state index in [4.69, 9.17) is 5.73 Å². The summed E-state index contributed by atoms with van der Waals surface area (Å²) < 4.78 is 0. The average Bonchev–Trinajstić information content (AvgIpc) is 2.31. The van der Waals surface area contributed by atoms with E-state index in [9.17, 15) is 9.59 Å². The molecule has 1 heterocycles. The van der Waals surface area contributed by atoms with E-state index in [-0.39, 0.29) is 18.0 Å². The van der Waals surface area contributed by atoms with Crippen LogP contribution in [0.4, 0.5) is 4.79 Å². The van der Waals surface area contributed by atoms with Crippen LogP contribution in [0.15, 0.2) is 0 Å². The zero-order valence-electron chi connectivity index (χ0n) is 6.09. The largest absolute Gasteiger partial charge is 0.370 e. The Morgan fingerprint density at radius 2 is 2.45 bits per heavy atom. The summed E-state index contributed by atoms with van der Waals surface area (Å²) >= 11 is 0. The van der Waals surface area contributed by atoms with E-state index in [1.807, 2.05) is 0 Å². The number of carbonyl (C=O) groups excluding carboxylic acids is 2. The number of amides is 3. The molecule has 1 aliphatic rings. The van der Waals surface area contributed by atoms with Crippen molar-refractivity contribution in [2.24, 2.45) is 5.73 Å². The monoisotopic (exact) mass is 157 g/mol. The Bertz CT molecular complexity index is 181. The molecule has 0 aromatic rings. The molecule has 0 bridgehead atoms. The number of primary amides is 1. The third kappa shape index (κ3) is 2.45. The number of hydrogen-bond acceptors (Lipinski definition) is 2. The lowest BCUT2D eigenvalue weighted by atomic mass is 10.2. The molecule has 0 aliphatic carbocycles. The van der Waals surface area contributed by atoms with Crippen LogP contribution in [0.2, 0.25) is 0 Å². The molecular weight excluding hydrogens is 146 g/mol. The van der Waals surface area contributed by atoms with Gasteiger partial charge in [0.05, 0.1) is 0 Å². The zero-order valence-corrected chi connectivity index (χ0v) is 6.09. The van der Waals surface area contributed by atoms with Crippen molar-refractivity contribution in [2.45, 2.75) is 18.9 Å². The molecule has 4 N–H and O–H groups in total. The summed E-state index contributed by atoms with van der Waals surface area (Å²) in [7, 11) is 0. The number of nitrogens with two attached hydrogens (primary N) is 1. The predicted molar refractivity (Wildman–Crippen MR) is 38.8 cm³/mol. The van der Waals surface area contributed by atoms with E-state index in [1.165, 1.54) is 0 Å². The quantitative estimate of drug-likeness (QED) is 0.487. The second kappa shape index (κ2) is 3.23. The number of hydrogen-bond donors (Lipinski definition) is 3. The molecule has 1 rings (SSSR count). The van der Waals surface area contributed by atoms with Gasteiger partial charge < -0.3 is 16.4 Å². The molecule has 0 spiro atoms. The van der Waals surface area contributed by atoms with Crippen LogP contribution < -0.4 is 16.4 Å². The first-order valence-corrected chi connectivity index (χ1v) is 3.51. The van der Waals surface area contributed by atoms with Crippen LogP contribution >= 0.6 is 0 Å². The van der Waals surface area contributed by atoms with Gasteiger partial charge in [0.2, 0.25) is 5.91 Å². The van der Waals surface area contributed by atoms with E-state index >= 15 is 0 Å². The molecule has 62 valence electrons. The van der Waals surface area contributed by atoms with E-state index in [2.05, 4.69) is 10.6 Å². The number of rotatable bonds is 3. The van der Waals surface area contributed by atoms with Crippen molar-refractivity contribution in [3.8, 4) is 0 Å². The van der Waals surface area contributed by atoms with Gasteiger partial charge in [-0.25, -0.2) is 4.79 Å². The van der Waals surface area contributed by atoms with E-state index < -0.39 is 0 Å². The lowest BCUT2D eigenvalue weighted by Gasteiger charge is -2.04. The molecule has 5 heteroatoms. The van der Waals surface area contributed by atoms with Gasteiger partial charge in [0.15, 0.2) is 0 Å².